The average Bonchev–Trinajstić information content (AvgIpc) is 2.53. The lowest BCUT2D eigenvalue weighted by Gasteiger charge is -1.97. The molecule has 2 heterocycles. The van der Waals surface area contributed by atoms with Crippen molar-refractivity contribution in [1.82, 2.24) is 4.98 Å². The van der Waals surface area contributed by atoms with Crippen LogP contribution in [0.3, 0.4) is 0 Å². The summed E-state index contributed by atoms with van der Waals surface area (Å²) in [6.45, 7) is 2.02. The van der Waals surface area contributed by atoms with Gasteiger partial charge in [0.05, 0.1) is 17.2 Å². The molecule has 2 aromatic heterocycles. The van der Waals surface area contributed by atoms with Gasteiger partial charge in [0.1, 0.15) is 5.15 Å². The molecule has 2 rings (SSSR count). The molecular weight excluding hydrogens is 216 g/mol. The van der Waals surface area contributed by atoms with Gasteiger partial charge in [0.2, 0.25) is 0 Å². The van der Waals surface area contributed by atoms with Gasteiger partial charge in [0.25, 0.3) is 0 Å². The van der Waals surface area contributed by atoms with Gasteiger partial charge in [-0.1, -0.05) is 11.6 Å². The Morgan fingerprint density at radius 3 is 3.14 bits per heavy atom. The number of fused-ring (bicyclic) bond motifs is 1. The first-order valence-corrected chi connectivity index (χ1v) is 5.32. The molecule has 0 aliphatic heterocycles. The lowest BCUT2D eigenvalue weighted by Crippen LogP contribution is -1.85. The van der Waals surface area contributed by atoms with Gasteiger partial charge in [-0.2, -0.15) is 5.26 Å². The summed E-state index contributed by atoms with van der Waals surface area (Å²) in [7, 11) is 0. The lowest BCUT2D eigenvalue weighted by molar-refractivity contribution is 1.23. The Morgan fingerprint density at radius 1 is 1.64 bits per heavy atom. The predicted octanol–water partition coefficient (Wildman–Crippen LogP) is 3.32. The number of pyridine rings is 1. The highest BCUT2D eigenvalue weighted by Crippen LogP contribution is 2.32. The van der Waals surface area contributed by atoms with E-state index in [0.717, 1.165) is 15.6 Å². The minimum absolute atomic E-state index is 0.386. The summed E-state index contributed by atoms with van der Waals surface area (Å²) in [5, 5.41) is 10.2. The molecule has 2 aromatic rings. The first-order valence-electron chi connectivity index (χ1n) is 4.13. The van der Waals surface area contributed by atoms with E-state index in [1.54, 1.807) is 17.5 Å². The maximum absolute atomic E-state index is 8.65. The van der Waals surface area contributed by atoms with Crippen molar-refractivity contribution in [2.75, 3.05) is 0 Å². The molecule has 0 aliphatic rings. The number of rotatable bonds is 1. The fraction of sp³-hybridized carbons (Fsp3) is 0.200. The highest BCUT2D eigenvalue weighted by molar-refractivity contribution is 7.19. The molecule has 0 saturated carbocycles. The van der Waals surface area contributed by atoms with E-state index in [4.69, 9.17) is 16.9 Å². The molecule has 0 fully saturated rings. The van der Waals surface area contributed by atoms with Crippen LogP contribution in [-0.2, 0) is 6.42 Å². The van der Waals surface area contributed by atoms with E-state index in [9.17, 15) is 0 Å². The molecule has 0 N–H and O–H groups in total. The van der Waals surface area contributed by atoms with Crippen LogP contribution in [0.2, 0.25) is 5.15 Å². The monoisotopic (exact) mass is 222 g/mol. The van der Waals surface area contributed by atoms with Gasteiger partial charge in [-0.15, -0.1) is 11.3 Å². The van der Waals surface area contributed by atoms with Crippen LogP contribution < -0.4 is 0 Å². The van der Waals surface area contributed by atoms with Crippen molar-refractivity contribution < 1.29 is 0 Å². The van der Waals surface area contributed by atoms with Crippen LogP contribution in [0.4, 0.5) is 0 Å². The van der Waals surface area contributed by atoms with Crippen LogP contribution in [0.15, 0.2) is 12.3 Å². The van der Waals surface area contributed by atoms with Crippen LogP contribution in [0, 0.1) is 18.3 Å². The molecular formula is C10H7ClN2S. The summed E-state index contributed by atoms with van der Waals surface area (Å²) in [6.07, 6.45) is 2.07. The van der Waals surface area contributed by atoms with Gasteiger partial charge >= 0.3 is 0 Å². The van der Waals surface area contributed by atoms with Crippen molar-refractivity contribution in [1.29, 1.82) is 5.26 Å². The first kappa shape index (κ1) is 9.45. The number of hydrogen-bond acceptors (Lipinski definition) is 3. The smallest absolute Gasteiger partial charge is 0.146 e. The second-order valence-corrected chi connectivity index (χ2v) is 4.62. The molecule has 0 atom stereocenters. The summed E-state index contributed by atoms with van der Waals surface area (Å²) >= 11 is 7.57. The number of aryl methyl sites for hydroxylation is 1. The number of nitriles is 1. The van der Waals surface area contributed by atoms with Crippen molar-refractivity contribution in [3.05, 3.63) is 27.9 Å². The first-order chi connectivity index (χ1) is 6.72. The van der Waals surface area contributed by atoms with E-state index in [-0.39, 0.29) is 0 Å². The van der Waals surface area contributed by atoms with Gasteiger partial charge in [0.15, 0.2) is 0 Å². The topological polar surface area (TPSA) is 36.7 Å². The number of aromatic nitrogens is 1. The Labute approximate surface area is 90.8 Å². The van der Waals surface area contributed by atoms with E-state index in [0.29, 0.717) is 11.6 Å². The normalized spacial score (nSPS) is 10.4. The van der Waals surface area contributed by atoms with Crippen molar-refractivity contribution in [2.24, 2.45) is 0 Å². The van der Waals surface area contributed by atoms with Crippen LogP contribution in [0.1, 0.15) is 10.4 Å². The van der Waals surface area contributed by atoms with Crippen LogP contribution >= 0.6 is 22.9 Å². The van der Waals surface area contributed by atoms with Gasteiger partial charge in [-0.05, 0) is 18.6 Å². The Morgan fingerprint density at radius 2 is 2.43 bits per heavy atom. The minimum atomic E-state index is 0.386. The lowest BCUT2D eigenvalue weighted by atomic mass is 10.1. The zero-order chi connectivity index (χ0) is 10.1. The number of hydrogen-bond donors (Lipinski definition) is 0. The van der Waals surface area contributed by atoms with Gasteiger partial charge in [0, 0.05) is 16.5 Å². The zero-order valence-electron chi connectivity index (χ0n) is 7.54. The van der Waals surface area contributed by atoms with E-state index in [1.807, 2.05) is 6.92 Å². The summed E-state index contributed by atoms with van der Waals surface area (Å²) in [6, 6.07) is 4.18. The third-order valence-electron chi connectivity index (χ3n) is 1.99. The van der Waals surface area contributed by atoms with Crippen molar-refractivity contribution >= 4 is 33.0 Å². The van der Waals surface area contributed by atoms with E-state index >= 15 is 0 Å². The van der Waals surface area contributed by atoms with Gasteiger partial charge in [-0.25, -0.2) is 4.98 Å². The Hall–Kier alpha value is -1.11. The molecule has 0 saturated heterocycles. The Kier molecular flexibility index (Phi) is 2.40. The summed E-state index contributed by atoms with van der Waals surface area (Å²) < 4.78 is 0.983. The third-order valence-corrected chi connectivity index (χ3v) is 3.45. The number of nitrogens with zero attached hydrogens (tertiary/aromatic N) is 2. The van der Waals surface area contributed by atoms with Crippen LogP contribution in [-0.4, -0.2) is 4.98 Å². The summed E-state index contributed by atoms with van der Waals surface area (Å²) in [5.74, 6) is 0. The molecule has 4 heteroatoms. The largest absolute Gasteiger partial charge is 0.243 e. The fourth-order valence-electron chi connectivity index (χ4n) is 1.39. The molecule has 0 unspecified atom stereocenters. The maximum Gasteiger partial charge on any atom is 0.146 e. The molecule has 0 bridgehead atoms. The SMILES string of the molecule is Cc1cc2c(CC#N)cnc(Cl)c2s1. The fourth-order valence-corrected chi connectivity index (χ4v) is 2.60. The predicted molar refractivity (Wildman–Crippen MR) is 58.7 cm³/mol. The van der Waals surface area contributed by atoms with Crippen molar-refractivity contribution in [2.45, 2.75) is 13.3 Å². The highest BCUT2D eigenvalue weighted by Gasteiger charge is 2.08. The molecule has 0 aromatic carbocycles. The van der Waals surface area contributed by atoms with E-state index in [1.165, 1.54) is 4.88 Å². The third kappa shape index (κ3) is 1.47. The maximum atomic E-state index is 8.65. The molecule has 0 amide bonds. The Balaban J connectivity index is 2.75. The van der Waals surface area contributed by atoms with Gasteiger partial charge < -0.3 is 0 Å². The van der Waals surface area contributed by atoms with E-state index in [2.05, 4.69) is 17.1 Å². The number of halogens is 1. The molecule has 2 nitrogen and oxygen atoms in total. The second-order valence-electron chi connectivity index (χ2n) is 3.01. The Bertz CT molecular complexity index is 525. The van der Waals surface area contributed by atoms with Crippen molar-refractivity contribution in [3.8, 4) is 6.07 Å². The zero-order valence-corrected chi connectivity index (χ0v) is 9.11. The molecule has 0 spiro atoms. The van der Waals surface area contributed by atoms with E-state index < -0.39 is 0 Å². The second kappa shape index (κ2) is 3.56. The highest BCUT2D eigenvalue weighted by atomic mass is 35.5. The molecule has 70 valence electrons. The number of thiophene rings is 1. The molecule has 0 radical (unpaired) electrons. The minimum Gasteiger partial charge on any atom is -0.243 e. The quantitative estimate of drug-likeness (QED) is 0.694. The van der Waals surface area contributed by atoms with Crippen LogP contribution in [0.5, 0.6) is 0 Å². The molecule has 14 heavy (non-hydrogen) atoms. The van der Waals surface area contributed by atoms with Crippen LogP contribution in [0.25, 0.3) is 10.1 Å². The summed E-state index contributed by atoms with van der Waals surface area (Å²) in [4.78, 5) is 5.25. The average molecular weight is 223 g/mol. The molecule has 0 aliphatic carbocycles. The summed E-state index contributed by atoms with van der Waals surface area (Å²) in [5.41, 5.74) is 0.955. The van der Waals surface area contributed by atoms with Crippen molar-refractivity contribution in [3.63, 3.8) is 0 Å². The van der Waals surface area contributed by atoms with Gasteiger partial charge in [-0.3, -0.25) is 0 Å². The standard InChI is InChI=1S/C10H7ClN2S/c1-6-4-8-7(2-3-12)5-13-10(11)9(8)14-6/h4-5H,2H2,1H3.